The molecule has 0 aromatic rings. The fourth-order valence-electron chi connectivity index (χ4n) is 1.42. The molecule has 6 heteroatoms. The van der Waals surface area contributed by atoms with Crippen LogP contribution in [0.1, 0.15) is 25.7 Å². The van der Waals surface area contributed by atoms with Crippen molar-refractivity contribution >= 4 is 5.97 Å². The summed E-state index contributed by atoms with van der Waals surface area (Å²) in [6, 6.07) is 0. The molecule has 0 aromatic heterocycles. The zero-order valence-electron chi connectivity index (χ0n) is 7.27. The molecule has 1 unspecified atom stereocenters. The maximum Gasteiger partial charge on any atom is 0.433 e. The lowest BCUT2D eigenvalue weighted by Crippen LogP contribution is -2.50. The molecule has 0 aliphatic heterocycles. The average Bonchev–Trinajstić information content (AvgIpc) is 1.93. The fraction of sp³-hybridized carbons (Fsp3) is 0.875. The van der Waals surface area contributed by atoms with E-state index in [-0.39, 0.29) is 0 Å². The Labute approximate surface area is 77.9 Å². The van der Waals surface area contributed by atoms with Gasteiger partial charge in [-0.2, -0.15) is 13.2 Å². The van der Waals surface area contributed by atoms with Crippen LogP contribution in [0.15, 0.2) is 0 Å². The summed E-state index contributed by atoms with van der Waals surface area (Å²) < 4.78 is 49.5. The Morgan fingerprint density at radius 3 is 2.00 bits per heavy atom. The van der Waals surface area contributed by atoms with Crippen molar-refractivity contribution in [2.45, 2.75) is 37.5 Å². The number of hydrogen-bond acceptors (Lipinski definition) is 1. The molecule has 0 amide bonds. The SMILES string of the molecule is O=C(O)C(F)(CC1CCC1)C(F)(F)F. The molecule has 1 aliphatic carbocycles. The maximum atomic E-state index is 13.2. The molecule has 2 nitrogen and oxygen atoms in total. The van der Waals surface area contributed by atoms with E-state index in [0.717, 1.165) is 6.42 Å². The molecule has 0 spiro atoms. The number of alkyl halides is 4. The van der Waals surface area contributed by atoms with Crippen molar-refractivity contribution in [2.75, 3.05) is 0 Å². The Kier molecular flexibility index (Phi) is 2.74. The molecule has 0 radical (unpaired) electrons. The third-order valence-corrected chi connectivity index (χ3v) is 2.58. The van der Waals surface area contributed by atoms with E-state index in [1.54, 1.807) is 0 Å². The first-order chi connectivity index (χ1) is 6.27. The highest BCUT2D eigenvalue weighted by molar-refractivity contribution is 5.78. The van der Waals surface area contributed by atoms with Gasteiger partial charge >= 0.3 is 17.8 Å². The van der Waals surface area contributed by atoms with Crippen molar-refractivity contribution in [3.05, 3.63) is 0 Å². The predicted octanol–water partition coefficient (Wildman–Crippen LogP) is 2.53. The Hall–Kier alpha value is -0.810. The summed E-state index contributed by atoms with van der Waals surface area (Å²) in [4.78, 5) is 10.2. The quantitative estimate of drug-likeness (QED) is 0.733. The molecule has 1 N–H and O–H groups in total. The van der Waals surface area contributed by atoms with Gasteiger partial charge in [-0.15, -0.1) is 0 Å². The van der Waals surface area contributed by atoms with Crippen LogP contribution in [0.25, 0.3) is 0 Å². The third-order valence-electron chi connectivity index (χ3n) is 2.58. The Balaban J connectivity index is 2.75. The van der Waals surface area contributed by atoms with Crippen LogP contribution in [0.5, 0.6) is 0 Å². The van der Waals surface area contributed by atoms with Crippen molar-refractivity contribution in [2.24, 2.45) is 5.92 Å². The fourth-order valence-corrected chi connectivity index (χ4v) is 1.42. The third kappa shape index (κ3) is 1.83. The van der Waals surface area contributed by atoms with E-state index < -0.39 is 30.2 Å². The van der Waals surface area contributed by atoms with Gasteiger partial charge in [0.15, 0.2) is 0 Å². The maximum absolute atomic E-state index is 13.2. The van der Waals surface area contributed by atoms with Gasteiger partial charge in [0.1, 0.15) is 0 Å². The number of halogens is 4. The molecule has 1 atom stereocenters. The van der Waals surface area contributed by atoms with E-state index in [2.05, 4.69) is 0 Å². The number of hydrogen-bond donors (Lipinski definition) is 1. The van der Waals surface area contributed by atoms with Gasteiger partial charge in [0.25, 0.3) is 0 Å². The molecule has 0 saturated heterocycles. The van der Waals surface area contributed by atoms with Gasteiger partial charge in [-0.3, -0.25) is 0 Å². The second-order valence-electron chi connectivity index (χ2n) is 3.61. The van der Waals surface area contributed by atoms with Gasteiger partial charge in [0.05, 0.1) is 0 Å². The van der Waals surface area contributed by atoms with Crippen LogP contribution in [-0.2, 0) is 4.79 Å². The zero-order chi connectivity index (χ0) is 11.0. The van der Waals surface area contributed by atoms with Crippen LogP contribution >= 0.6 is 0 Å². The molecule has 1 rings (SSSR count). The number of carboxylic acids is 1. The molecule has 0 bridgehead atoms. The van der Waals surface area contributed by atoms with Crippen LogP contribution < -0.4 is 0 Å². The van der Waals surface area contributed by atoms with Crippen molar-refractivity contribution in [1.29, 1.82) is 0 Å². The average molecular weight is 214 g/mol. The van der Waals surface area contributed by atoms with Gasteiger partial charge < -0.3 is 5.11 Å². The summed E-state index contributed by atoms with van der Waals surface area (Å²) in [5.74, 6) is -2.88. The first-order valence-corrected chi connectivity index (χ1v) is 4.26. The van der Waals surface area contributed by atoms with E-state index in [1.165, 1.54) is 0 Å². The molecule has 14 heavy (non-hydrogen) atoms. The lowest BCUT2D eigenvalue weighted by atomic mass is 9.77. The lowest BCUT2D eigenvalue weighted by Gasteiger charge is -2.32. The number of carboxylic acid groups (broad SMARTS) is 1. The number of rotatable bonds is 3. The summed E-state index contributed by atoms with van der Waals surface area (Å²) in [5, 5.41) is 8.24. The Bertz CT molecular complexity index is 234. The molecular formula is C8H10F4O2. The second kappa shape index (κ2) is 3.40. The van der Waals surface area contributed by atoms with Crippen molar-refractivity contribution in [3.63, 3.8) is 0 Å². The minimum Gasteiger partial charge on any atom is -0.479 e. The zero-order valence-corrected chi connectivity index (χ0v) is 7.27. The first-order valence-electron chi connectivity index (χ1n) is 4.26. The molecule has 1 fully saturated rings. The molecule has 0 heterocycles. The summed E-state index contributed by atoms with van der Waals surface area (Å²) in [6.07, 6.45) is -4.57. The molecule has 0 aromatic carbocycles. The Morgan fingerprint density at radius 1 is 1.29 bits per heavy atom. The largest absolute Gasteiger partial charge is 0.479 e. The van der Waals surface area contributed by atoms with E-state index in [1.807, 2.05) is 0 Å². The van der Waals surface area contributed by atoms with Crippen LogP contribution in [-0.4, -0.2) is 22.9 Å². The molecule has 1 aliphatic rings. The summed E-state index contributed by atoms with van der Waals surface area (Å²) in [5.41, 5.74) is -4.07. The lowest BCUT2D eigenvalue weighted by molar-refractivity contribution is -0.241. The van der Waals surface area contributed by atoms with Crippen molar-refractivity contribution < 1.29 is 27.5 Å². The first kappa shape index (κ1) is 11.3. The van der Waals surface area contributed by atoms with Crippen LogP contribution in [0.4, 0.5) is 17.6 Å². The topological polar surface area (TPSA) is 37.3 Å². The van der Waals surface area contributed by atoms with E-state index in [4.69, 9.17) is 5.11 Å². The highest BCUT2D eigenvalue weighted by Crippen LogP contribution is 2.43. The van der Waals surface area contributed by atoms with Gasteiger partial charge in [-0.1, -0.05) is 19.3 Å². The highest BCUT2D eigenvalue weighted by atomic mass is 19.4. The van der Waals surface area contributed by atoms with Crippen molar-refractivity contribution in [1.82, 2.24) is 0 Å². The van der Waals surface area contributed by atoms with Crippen LogP contribution in [0.3, 0.4) is 0 Å². The van der Waals surface area contributed by atoms with E-state index in [0.29, 0.717) is 12.8 Å². The minimum atomic E-state index is -5.32. The van der Waals surface area contributed by atoms with Gasteiger partial charge in [0.2, 0.25) is 0 Å². The summed E-state index contributed by atoms with van der Waals surface area (Å²) in [6.45, 7) is 0. The van der Waals surface area contributed by atoms with Crippen LogP contribution in [0.2, 0.25) is 0 Å². The summed E-state index contributed by atoms with van der Waals surface area (Å²) >= 11 is 0. The van der Waals surface area contributed by atoms with Gasteiger partial charge in [0, 0.05) is 6.42 Å². The minimum absolute atomic E-state index is 0.447. The molecular weight excluding hydrogens is 204 g/mol. The van der Waals surface area contributed by atoms with Crippen LogP contribution in [0, 0.1) is 5.92 Å². The second-order valence-corrected chi connectivity index (χ2v) is 3.61. The van der Waals surface area contributed by atoms with Gasteiger partial charge in [-0.25, -0.2) is 9.18 Å². The normalized spacial score (nSPS) is 22.6. The highest BCUT2D eigenvalue weighted by Gasteiger charge is 2.63. The summed E-state index contributed by atoms with van der Waals surface area (Å²) in [7, 11) is 0. The van der Waals surface area contributed by atoms with E-state index in [9.17, 15) is 22.4 Å². The Morgan fingerprint density at radius 2 is 1.79 bits per heavy atom. The number of aliphatic carboxylic acids is 1. The molecule has 82 valence electrons. The molecule has 1 saturated carbocycles. The van der Waals surface area contributed by atoms with Crippen molar-refractivity contribution in [3.8, 4) is 0 Å². The number of carbonyl (C=O) groups is 1. The monoisotopic (exact) mass is 214 g/mol. The standard InChI is InChI=1S/C8H10F4O2/c9-7(6(13)14,8(10,11)12)4-5-2-1-3-5/h5H,1-4H2,(H,13,14). The van der Waals surface area contributed by atoms with Gasteiger partial charge in [-0.05, 0) is 5.92 Å². The van der Waals surface area contributed by atoms with E-state index >= 15 is 0 Å². The smallest absolute Gasteiger partial charge is 0.433 e. The predicted molar refractivity (Wildman–Crippen MR) is 39.5 cm³/mol.